The van der Waals surface area contributed by atoms with Gasteiger partial charge in [0.15, 0.2) is 0 Å². The van der Waals surface area contributed by atoms with E-state index in [4.69, 9.17) is 11.1 Å². The van der Waals surface area contributed by atoms with Crippen molar-refractivity contribution in [3.05, 3.63) is 65.2 Å². The molecule has 3 heteroatoms. The van der Waals surface area contributed by atoms with E-state index >= 15 is 0 Å². The van der Waals surface area contributed by atoms with Crippen LogP contribution in [0.15, 0.2) is 48.5 Å². The number of hydrogen-bond acceptors (Lipinski definition) is 2. The highest BCUT2D eigenvalue weighted by Crippen LogP contribution is 2.16. The lowest BCUT2D eigenvalue weighted by Gasteiger charge is -2.20. The maximum Gasteiger partial charge on any atom is 0.122 e. The summed E-state index contributed by atoms with van der Waals surface area (Å²) in [4.78, 5) is 2.18. The Morgan fingerprint density at radius 3 is 2.47 bits per heavy atom. The number of aryl methyl sites for hydroxylation is 1. The Morgan fingerprint density at radius 2 is 1.84 bits per heavy atom. The van der Waals surface area contributed by atoms with Gasteiger partial charge in [-0.05, 0) is 30.7 Å². The molecule has 0 aliphatic rings. The highest BCUT2D eigenvalue weighted by atomic mass is 15.1. The molecule has 0 radical (unpaired) electrons. The number of hydrogen-bond donors (Lipinski definition) is 2. The van der Waals surface area contributed by atoms with E-state index in [0.29, 0.717) is 0 Å². The van der Waals surface area contributed by atoms with Gasteiger partial charge in [-0.15, -0.1) is 0 Å². The van der Waals surface area contributed by atoms with E-state index in [0.717, 1.165) is 17.7 Å². The molecular weight excluding hydrogens is 234 g/mol. The zero-order chi connectivity index (χ0) is 13.8. The summed E-state index contributed by atoms with van der Waals surface area (Å²) >= 11 is 0. The molecule has 0 spiro atoms. The summed E-state index contributed by atoms with van der Waals surface area (Å²) in [5.74, 6) is 0.111. The van der Waals surface area contributed by atoms with E-state index in [1.807, 2.05) is 18.2 Å². The molecule has 3 nitrogen and oxygen atoms in total. The highest BCUT2D eigenvalue weighted by Gasteiger charge is 2.03. The van der Waals surface area contributed by atoms with Gasteiger partial charge in [-0.1, -0.05) is 35.9 Å². The average Bonchev–Trinajstić information content (AvgIpc) is 2.39. The predicted molar refractivity (Wildman–Crippen MR) is 80.7 cm³/mol. The van der Waals surface area contributed by atoms with Gasteiger partial charge in [0.2, 0.25) is 0 Å². The van der Waals surface area contributed by atoms with Gasteiger partial charge in [-0.2, -0.15) is 0 Å². The van der Waals surface area contributed by atoms with E-state index in [9.17, 15) is 0 Å². The van der Waals surface area contributed by atoms with Crippen LogP contribution in [-0.2, 0) is 6.54 Å². The van der Waals surface area contributed by atoms with Gasteiger partial charge in [-0.25, -0.2) is 0 Å². The molecule has 2 aromatic carbocycles. The normalized spacial score (nSPS) is 10.2. The van der Waals surface area contributed by atoms with Crippen molar-refractivity contribution in [2.75, 3.05) is 11.9 Å². The van der Waals surface area contributed by atoms with Gasteiger partial charge < -0.3 is 10.6 Å². The van der Waals surface area contributed by atoms with Crippen LogP contribution in [0, 0.1) is 12.3 Å². The Kier molecular flexibility index (Phi) is 3.85. The lowest BCUT2D eigenvalue weighted by molar-refractivity contribution is 0.922. The van der Waals surface area contributed by atoms with Crippen LogP contribution >= 0.6 is 0 Å². The summed E-state index contributed by atoms with van der Waals surface area (Å²) in [5, 5.41) is 7.47. The first-order chi connectivity index (χ1) is 9.06. The number of nitrogens with one attached hydrogen (secondary N) is 1. The maximum absolute atomic E-state index is 7.47. The largest absolute Gasteiger partial charge is 0.384 e. The van der Waals surface area contributed by atoms with E-state index in [-0.39, 0.29) is 5.84 Å². The smallest absolute Gasteiger partial charge is 0.122 e. The topological polar surface area (TPSA) is 53.1 Å². The Hall–Kier alpha value is -2.29. The molecule has 0 aliphatic carbocycles. The molecule has 0 saturated carbocycles. The van der Waals surface area contributed by atoms with Gasteiger partial charge in [0.1, 0.15) is 5.84 Å². The number of benzene rings is 2. The van der Waals surface area contributed by atoms with Crippen molar-refractivity contribution in [3.63, 3.8) is 0 Å². The van der Waals surface area contributed by atoms with Crippen LogP contribution in [0.5, 0.6) is 0 Å². The second-order valence-corrected chi connectivity index (χ2v) is 4.81. The minimum atomic E-state index is 0.111. The molecule has 0 heterocycles. The molecule has 0 atom stereocenters. The monoisotopic (exact) mass is 253 g/mol. The number of nitrogens with zero attached hydrogens (tertiary/aromatic N) is 1. The van der Waals surface area contributed by atoms with E-state index in [1.54, 1.807) is 0 Å². The van der Waals surface area contributed by atoms with Crippen LogP contribution in [-0.4, -0.2) is 12.9 Å². The molecule has 19 heavy (non-hydrogen) atoms. The van der Waals surface area contributed by atoms with Crippen LogP contribution in [0.4, 0.5) is 5.69 Å². The van der Waals surface area contributed by atoms with Crippen molar-refractivity contribution in [3.8, 4) is 0 Å². The van der Waals surface area contributed by atoms with Crippen LogP contribution in [0.2, 0.25) is 0 Å². The van der Waals surface area contributed by atoms with Gasteiger partial charge >= 0.3 is 0 Å². The van der Waals surface area contributed by atoms with Gasteiger partial charge in [-0.3, -0.25) is 5.41 Å². The van der Waals surface area contributed by atoms with Crippen molar-refractivity contribution in [2.24, 2.45) is 5.73 Å². The molecule has 0 fully saturated rings. The molecule has 0 bridgehead atoms. The second-order valence-electron chi connectivity index (χ2n) is 4.81. The first kappa shape index (κ1) is 13.1. The van der Waals surface area contributed by atoms with Crippen molar-refractivity contribution in [1.29, 1.82) is 5.41 Å². The molecular formula is C16H19N3. The van der Waals surface area contributed by atoms with Crippen molar-refractivity contribution >= 4 is 11.5 Å². The van der Waals surface area contributed by atoms with E-state index in [2.05, 4.69) is 49.2 Å². The summed E-state index contributed by atoms with van der Waals surface area (Å²) in [5.41, 5.74) is 9.87. The second kappa shape index (κ2) is 5.57. The van der Waals surface area contributed by atoms with Gasteiger partial charge in [0, 0.05) is 24.8 Å². The molecule has 2 aromatic rings. The zero-order valence-corrected chi connectivity index (χ0v) is 11.4. The first-order valence-corrected chi connectivity index (χ1v) is 6.27. The van der Waals surface area contributed by atoms with Crippen molar-refractivity contribution in [1.82, 2.24) is 0 Å². The number of rotatable bonds is 4. The van der Waals surface area contributed by atoms with Crippen molar-refractivity contribution in [2.45, 2.75) is 13.5 Å². The summed E-state index contributed by atoms with van der Waals surface area (Å²) in [6.45, 7) is 2.88. The molecule has 0 aliphatic heterocycles. The summed E-state index contributed by atoms with van der Waals surface area (Å²) in [6, 6.07) is 16.3. The molecule has 2 rings (SSSR count). The predicted octanol–water partition coefficient (Wildman–Crippen LogP) is 2.92. The standard InChI is InChI=1S/C16H19N3/c1-12-6-8-15(9-7-12)19(2)11-13-4-3-5-14(10-13)16(17)18/h3-10H,11H2,1-2H3,(H3,17,18). The maximum atomic E-state index is 7.47. The Morgan fingerprint density at radius 1 is 1.16 bits per heavy atom. The van der Waals surface area contributed by atoms with Gasteiger partial charge in [0.25, 0.3) is 0 Å². The van der Waals surface area contributed by atoms with Crippen molar-refractivity contribution < 1.29 is 0 Å². The number of amidine groups is 1. The molecule has 0 amide bonds. The SMILES string of the molecule is Cc1ccc(N(C)Cc2cccc(C(=N)N)c2)cc1. The minimum Gasteiger partial charge on any atom is -0.384 e. The number of nitrogen functional groups attached to an aromatic ring is 1. The Balaban J connectivity index is 2.14. The molecule has 3 N–H and O–H groups in total. The lowest BCUT2D eigenvalue weighted by Crippen LogP contribution is -2.17. The summed E-state index contributed by atoms with van der Waals surface area (Å²) in [7, 11) is 2.06. The first-order valence-electron chi connectivity index (χ1n) is 6.27. The fourth-order valence-corrected chi connectivity index (χ4v) is 2.00. The molecule has 0 saturated heterocycles. The average molecular weight is 253 g/mol. The Labute approximate surface area is 114 Å². The van der Waals surface area contributed by atoms with Crippen LogP contribution in [0.1, 0.15) is 16.7 Å². The lowest BCUT2D eigenvalue weighted by atomic mass is 10.1. The third-order valence-corrected chi connectivity index (χ3v) is 3.13. The van der Waals surface area contributed by atoms with Crippen LogP contribution in [0.3, 0.4) is 0 Å². The summed E-state index contributed by atoms with van der Waals surface area (Å²) < 4.78 is 0. The fraction of sp³-hybridized carbons (Fsp3) is 0.188. The number of nitrogens with two attached hydrogens (primary N) is 1. The Bertz CT molecular complexity index is 573. The summed E-state index contributed by atoms with van der Waals surface area (Å²) in [6.07, 6.45) is 0. The van der Waals surface area contributed by atoms with E-state index < -0.39 is 0 Å². The quantitative estimate of drug-likeness (QED) is 0.650. The van der Waals surface area contributed by atoms with Crippen LogP contribution < -0.4 is 10.6 Å². The highest BCUT2D eigenvalue weighted by molar-refractivity contribution is 5.95. The number of anilines is 1. The fourth-order valence-electron chi connectivity index (χ4n) is 2.00. The van der Waals surface area contributed by atoms with Crippen LogP contribution in [0.25, 0.3) is 0 Å². The van der Waals surface area contributed by atoms with E-state index in [1.165, 1.54) is 11.3 Å². The third kappa shape index (κ3) is 3.35. The van der Waals surface area contributed by atoms with Gasteiger partial charge in [0.05, 0.1) is 0 Å². The zero-order valence-electron chi connectivity index (χ0n) is 11.4. The molecule has 0 aromatic heterocycles. The third-order valence-electron chi connectivity index (χ3n) is 3.13. The molecule has 98 valence electrons. The molecule has 0 unspecified atom stereocenters. The minimum absolute atomic E-state index is 0.111.